The van der Waals surface area contributed by atoms with Crippen LogP contribution in [0.2, 0.25) is 5.02 Å². The fourth-order valence-electron chi connectivity index (χ4n) is 2.75. The molecule has 0 saturated carbocycles. The first-order chi connectivity index (χ1) is 9.47. The van der Waals surface area contributed by atoms with Crippen LogP contribution < -0.4 is 0 Å². The normalized spacial score (nSPS) is 19.7. The molecule has 1 aliphatic heterocycles. The topological polar surface area (TPSA) is 49.6 Å². The van der Waals surface area contributed by atoms with E-state index in [1.165, 1.54) is 18.9 Å². The molecule has 1 unspecified atom stereocenters. The maximum atomic E-state index is 10.9. The van der Waals surface area contributed by atoms with Gasteiger partial charge in [-0.25, -0.2) is 0 Å². The first kappa shape index (κ1) is 15.2. The van der Waals surface area contributed by atoms with Crippen LogP contribution >= 0.6 is 11.6 Å². The van der Waals surface area contributed by atoms with Crippen LogP contribution in [0.3, 0.4) is 0 Å². The van der Waals surface area contributed by atoms with Crippen molar-refractivity contribution in [3.05, 3.63) is 38.9 Å². The molecule has 0 bridgehead atoms. The quantitative estimate of drug-likeness (QED) is 0.619. The summed E-state index contributed by atoms with van der Waals surface area (Å²) < 4.78 is 0. The molecule has 2 rings (SSSR count). The number of rotatable bonds is 5. The van der Waals surface area contributed by atoms with Crippen LogP contribution in [0.25, 0.3) is 0 Å². The number of likely N-dealkylation sites (tertiary alicyclic amines) is 1. The van der Waals surface area contributed by atoms with E-state index >= 15 is 0 Å². The SMILES string of the molecule is CN(C)CC1CCCN1Cc1cc([N+](=O)[O-])ccc1Cl. The van der Waals surface area contributed by atoms with E-state index in [4.69, 9.17) is 11.6 Å². The molecule has 1 fully saturated rings. The van der Waals surface area contributed by atoms with Crippen molar-refractivity contribution in [3.63, 3.8) is 0 Å². The van der Waals surface area contributed by atoms with Crippen molar-refractivity contribution in [3.8, 4) is 0 Å². The summed E-state index contributed by atoms with van der Waals surface area (Å²) in [5, 5.41) is 11.5. The van der Waals surface area contributed by atoms with Crippen LogP contribution in [0, 0.1) is 10.1 Å². The Balaban J connectivity index is 2.12. The molecular formula is C14H20ClN3O2. The Bertz CT molecular complexity index is 493. The molecule has 6 heteroatoms. The number of nitro benzene ring substituents is 1. The molecule has 1 aromatic carbocycles. The second-order valence-corrected chi connectivity index (χ2v) is 5.97. The molecule has 1 atom stereocenters. The van der Waals surface area contributed by atoms with Crippen molar-refractivity contribution in [2.45, 2.75) is 25.4 Å². The summed E-state index contributed by atoms with van der Waals surface area (Å²) in [4.78, 5) is 15.0. The van der Waals surface area contributed by atoms with Gasteiger partial charge in [0.2, 0.25) is 0 Å². The van der Waals surface area contributed by atoms with E-state index in [-0.39, 0.29) is 10.6 Å². The van der Waals surface area contributed by atoms with Crippen LogP contribution in [-0.4, -0.2) is 47.9 Å². The zero-order valence-electron chi connectivity index (χ0n) is 11.9. The van der Waals surface area contributed by atoms with Crippen molar-refractivity contribution < 1.29 is 4.92 Å². The van der Waals surface area contributed by atoms with Gasteiger partial charge in [0.1, 0.15) is 0 Å². The van der Waals surface area contributed by atoms with Crippen molar-refractivity contribution in [1.29, 1.82) is 0 Å². The van der Waals surface area contributed by atoms with Gasteiger partial charge in [0.05, 0.1) is 4.92 Å². The van der Waals surface area contributed by atoms with Gasteiger partial charge in [-0.3, -0.25) is 15.0 Å². The Labute approximate surface area is 124 Å². The summed E-state index contributed by atoms with van der Waals surface area (Å²) in [5.41, 5.74) is 0.944. The Kier molecular flexibility index (Phi) is 4.96. The van der Waals surface area contributed by atoms with E-state index in [1.807, 2.05) is 0 Å². The minimum atomic E-state index is -0.374. The first-order valence-electron chi connectivity index (χ1n) is 6.79. The second-order valence-electron chi connectivity index (χ2n) is 5.56. The molecule has 0 spiro atoms. The number of benzene rings is 1. The highest BCUT2D eigenvalue weighted by atomic mass is 35.5. The van der Waals surface area contributed by atoms with Crippen molar-refractivity contribution in [2.75, 3.05) is 27.2 Å². The Morgan fingerprint density at radius 1 is 1.50 bits per heavy atom. The third-order valence-corrected chi connectivity index (χ3v) is 4.06. The van der Waals surface area contributed by atoms with Gasteiger partial charge in [-0.05, 0) is 45.1 Å². The largest absolute Gasteiger partial charge is 0.308 e. The predicted octanol–water partition coefficient (Wildman–Crippen LogP) is 2.77. The molecule has 5 nitrogen and oxygen atoms in total. The molecule has 0 radical (unpaired) electrons. The van der Waals surface area contributed by atoms with E-state index in [0.717, 1.165) is 18.7 Å². The molecule has 0 amide bonds. The highest BCUT2D eigenvalue weighted by Gasteiger charge is 2.25. The number of hydrogen-bond donors (Lipinski definition) is 0. The molecule has 110 valence electrons. The number of nitro groups is 1. The van der Waals surface area contributed by atoms with Crippen molar-refractivity contribution >= 4 is 17.3 Å². The Morgan fingerprint density at radius 2 is 2.25 bits per heavy atom. The van der Waals surface area contributed by atoms with Gasteiger partial charge >= 0.3 is 0 Å². The maximum Gasteiger partial charge on any atom is 0.269 e. The lowest BCUT2D eigenvalue weighted by molar-refractivity contribution is -0.384. The lowest BCUT2D eigenvalue weighted by atomic mass is 10.1. The van der Waals surface area contributed by atoms with Crippen LogP contribution in [0.5, 0.6) is 0 Å². The summed E-state index contributed by atoms with van der Waals surface area (Å²) in [6.45, 7) is 2.71. The third kappa shape index (κ3) is 3.69. The predicted molar refractivity (Wildman–Crippen MR) is 80.1 cm³/mol. The van der Waals surface area contributed by atoms with Gasteiger partial charge in [0.25, 0.3) is 5.69 Å². The monoisotopic (exact) mass is 297 g/mol. The summed E-state index contributed by atoms with van der Waals surface area (Å²) in [7, 11) is 4.13. The lowest BCUT2D eigenvalue weighted by Crippen LogP contribution is -2.37. The van der Waals surface area contributed by atoms with Gasteiger partial charge in [-0.2, -0.15) is 0 Å². The van der Waals surface area contributed by atoms with Crippen LogP contribution in [0.15, 0.2) is 18.2 Å². The third-order valence-electron chi connectivity index (χ3n) is 3.69. The second kappa shape index (κ2) is 6.52. The number of non-ortho nitro benzene ring substituents is 1. The van der Waals surface area contributed by atoms with Gasteiger partial charge in [-0.15, -0.1) is 0 Å². The van der Waals surface area contributed by atoms with E-state index in [2.05, 4.69) is 23.9 Å². The molecule has 1 heterocycles. The van der Waals surface area contributed by atoms with Gasteiger partial charge < -0.3 is 4.90 Å². The average Bonchev–Trinajstić information content (AvgIpc) is 2.78. The van der Waals surface area contributed by atoms with E-state index < -0.39 is 0 Å². The summed E-state index contributed by atoms with van der Waals surface area (Å²) >= 11 is 6.17. The van der Waals surface area contributed by atoms with E-state index in [9.17, 15) is 10.1 Å². The summed E-state index contributed by atoms with van der Waals surface area (Å²) in [5.74, 6) is 0. The van der Waals surface area contributed by atoms with Gasteiger partial charge in [-0.1, -0.05) is 11.6 Å². The van der Waals surface area contributed by atoms with Crippen LogP contribution in [-0.2, 0) is 6.54 Å². The summed E-state index contributed by atoms with van der Waals surface area (Å²) in [6, 6.07) is 5.16. The zero-order chi connectivity index (χ0) is 14.7. The fraction of sp³-hybridized carbons (Fsp3) is 0.571. The van der Waals surface area contributed by atoms with Crippen molar-refractivity contribution in [1.82, 2.24) is 9.80 Å². The molecule has 0 N–H and O–H groups in total. The number of likely N-dealkylation sites (N-methyl/N-ethyl adjacent to an activating group) is 1. The fourth-order valence-corrected chi connectivity index (χ4v) is 2.92. The molecule has 20 heavy (non-hydrogen) atoms. The Hall–Kier alpha value is -1.17. The smallest absolute Gasteiger partial charge is 0.269 e. The Morgan fingerprint density at radius 3 is 2.90 bits per heavy atom. The highest BCUT2D eigenvalue weighted by Crippen LogP contribution is 2.27. The van der Waals surface area contributed by atoms with Crippen LogP contribution in [0.4, 0.5) is 5.69 Å². The molecule has 1 saturated heterocycles. The van der Waals surface area contributed by atoms with E-state index in [1.54, 1.807) is 12.1 Å². The molecular weight excluding hydrogens is 278 g/mol. The highest BCUT2D eigenvalue weighted by molar-refractivity contribution is 6.31. The summed E-state index contributed by atoms with van der Waals surface area (Å²) in [6.07, 6.45) is 2.34. The zero-order valence-corrected chi connectivity index (χ0v) is 12.6. The molecule has 1 aromatic rings. The molecule has 1 aliphatic rings. The minimum Gasteiger partial charge on any atom is -0.308 e. The number of nitrogens with zero attached hydrogens (tertiary/aromatic N) is 3. The maximum absolute atomic E-state index is 10.9. The van der Waals surface area contributed by atoms with Gasteiger partial charge in [0, 0.05) is 36.3 Å². The van der Waals surface area contributed by atoms with Crippen molar-refractivity contribution in [2.24, 2.45) is 0 Å². The molecule has 0 aliphatic carbocycles. The van der Waals surface area contributed by atoms with E-state index in [0.29, 0.717) is 17.6 Å². The van der Waals surface area contributed by atoms with Gasteiger partial charge in [0.15, 0.2) is 0 Å². The minimum absolute atomic E-state index is 0.104. The standard InChI is InChI=1S/C14H20ClN3O2/c1-16(2)10-13-4-3-7-17(13)9-11-8-12(18(19)20)5-6-14(11)15/h5-6,8,13H,3-4,7,9-10H2,1-2H3. The van der Waals surface area contributed by atoms with Crippen LogP contribution in [0.1, 0.15) is 18.4 Å². The number of hydrogen-bond acceptors (Lipinski definition) is 4. The average molecular weight is 298 g/mol. The molecule has 0 aromatic heterocycles. The lowest BCUT2D eigenvalue weighted by Gasteiger charge is -2.27. The number of halogens is 1. The first-order valence-corrected chi connectivity index (χ1v) is 7.17.